The minimum Gasteiger partial charge on any atom is -0.308 e. The highest BCUT2D eigenvalue weighted by Gasteiger charge is 2.30. The predicted molar refractivity (Wildman–Crippen MR) is 104 cm³/mol. The maximum Gasteiger partial charge on any atom is 0.416 e. The van der Waals surface area contributed by atoms with E-state index < -0.39 is 17.8 Å². The van der Waals surface area contributed by atoms with Gasteiger partial charge in [-0.1, -0.05) is 42.5 Å². The molecule has 0 unspecified atom stereocenters. The number of amides is 2. The summed E-state index contributed by atoms with van der Waals surface area (Å²) in [7, 11) is 0. The lowest BCUT2D eigenvalue weighted by atomic mass is 10.1. The average molecular weight is 413 g/mol. The summed E-state index contributed by atoms with van der Waals surface area (Å²) < 4.78 is 44.9. The summed E-state index contributed by atoms with van der Waals surface area (Å²) in [5.74, 6) is 0.0558. The van der Waals surface area contributed by atoms with Gasteiger partial charge in [0, 0.05) is 11.3 Å². The molecule has 0 aliphatic rings. The molecule has 4 rings (SSSR count). The van der Waals surface area contributed by atoms with Crippen molar-refractivity contribution in [1.82, 2.24) is 5.27 Å². The number of aromatic nitrogens is 2. The highest BCUT2D eigenvalue weighted by atomic mass is 19.4. The van der Waals surface area contributed by atoms with E-state index >= 15 is 0 Å². The third kappa shape index (κ3) is 4.57. The van der Waals surface area contributed by atoms with Crippen molar-refractivity contribution in [2.75, 3.05) is 10.6 Å². The number of nitrogens with zero attached hydrogens (tertiary/aromatic N) is 2. The number of hydrogen-bond acceptors (Lipinski definition) is 3. The van der Waals surface area contributed by atoms with E-state index in [1.165, 1.54) is 23.0 Å². The first-order valence-electron chi connectivity index (χ1n) is 8.96. The summed E-state index contributed by atoms with van der Waals surface area (Å²) in [4.78, 5) is 12.1. The standard InChI is InChI=1S/C21H15F3N4O2/c22-21(23,24)17-6-3-7-18(11-17)25-20(29)26-19-13-28(27-30-19)12-14-8-9-15-4-1-2-5-16(15)10-14/h1-11,13H,12H2,(H-,25,26,27,29)/p+1. The van der Waals surface area contributed by atoms with Crippen molar-refractivity contribution in [2.24, 2.45) is 0 Å². The number of rotatable bonds is 4. The van der Waals surface area contributed by atoms with Crippen LogP contribution >= 0.6 is 0 Å². The monoisotopic (exact) mass is 413 g/mol. The minimum atomic E-state index is -4.49. The summed E-state index contributed by atoms with van der Waals surface area (Å²) in [5, 5.41) is 10.8. The Morgan fingerprint density at radius 3 is 2.57 bits per heavy atom. The second-order valence-electron chi connectivity index (χ2n) is 6.60. The molecule has 0 radical (unpaired) electrons. The molecule has 4 aromatic rings. The predicted octanol–water partition coefficient (Wildman–Crippen LogP) is 4.83. The molecule has 0 aliphatic carbocycles. The van der Waals surface area contributed by atoms with Crippen LogP contribution < -0.4 is 15.3 Å². The molecular formula is C21H16F3N4O2+. The van der Waals surface area contributed by atoms with Crippen LogP contribution in [-0.4, -0.2) is 11.3 Å². The number of carbonyl (C=O) groups excluding carboxylic acids is 1. The van der Waals surface area contributed by atoms with Gasteiger partial charge in [0.2, 0.25) is 11.8 Å². The van der Waals surface area contributed by atoms with Gasteiger partial charge in [-0.05, 0) is 39.7 Å². The fraction of sp³-hybridized carbons (Fsp3) is 0.0952. The zero-order valence-corrected chi connectivity index (χ0v) is 15.5. The molecule has 2 N–H and O–H groups in total. The van der Waals surface area contributed by atoms with Crippen molar-refractivity contribution in [3.05, 3.63) is 84.1 Å². The molecule has 1 aromatic heterocycles. The Morgan fingerprint density at radius 2 is 1.77 bits per heavy atom. The Labute approximate surface area is 168 Å². The SMILES string of the molecule is O=C(Nc1cccc(C(F)(F)F)c1)Nc1c[n+](Cc2ccc3ccccc3c2)no1. The van der Waals surface area contributed by atoms with E-state index in [4.69, 9.17) is 4.52 Å². The van der Waals surface area contributed by atoms with Crippen molar-refractivity contribution < 1.29 is 27.2 Å². The van der Waals surface area contributed by atoms with E-state index in [2.05, 4.69) is 15.9 Å². The zero-order valence-electron chi connectivity index (χ0n) is 15.5. The fourth-order valence-electron chi connectivity index (χ4n) is 2.98. The molecular weight excluding hydrogens is 397 g/mol. The van der Waals surface area contributed by atoms with Crippen LogP contribution in [0.5, 0.6) is 0 Å². The lowest BCUT2D eigenvalue weighted by Gasteiger charge is -2.09. The molecule has 0 bridgehead atoms. The van der Waals surface area contributed by atoms with Gasteiger partial charge in [-0.15, -0.1) is 0 Å². The normalized spacial score (nSPS) is 11.4. The van der Waals surface area contributed by atoms with Crippen LogP contribution in [-0.2, 0) is 12.7 Å². The Morgan fingerprint density at radius 1 is 0.967 bits per heavy atom. The molecule has 3 aromatic carbocycles. The maximum atomic E-state index is 12.8. The van der Waals surface area contributed by atoms with Crippen LogP contribution in [0, 0.1) is 0 Å². The first-order chi connectivity index (χ1) is 14.4. The van der Waals surface area contributed by atoms with E-state index in [1.54, 1.807) is 0 Å². The number of carbonyl (C=O) groups is 1. The van der Waals surface area contributed by atoms with Crippen molar-refractivity contribution >= 4 is 28.4 Å². The van der Waals surface area contributed by atoms with Crippen LogP contribution in [0.15, 0.2) is 77.4 Å². The minimum absolute atomic E-state index is 0.00544. The number of benzene rings is 3. The molecule has 152 valence electrons. The Hall–Kier alpha value is -3.88. The summed E-state index contributed by atoms with van der Waals surface area (Å²) in [6, 6.07) is 17.6. The molecule has 6 nitrogen and oxygen atoms in total. The van der Waals surface area contributed by atoms with Crippen molar-refractivity contribution in [1.29, 1.82) is 0 Å². The van der Waals surface area contributed by atoms with E-state index in [1.807, 2.05) is 42.5 Å². The topological polar surface area (TPSA) is 71.0 Å². The molecule has 0 saturated carbocycles. The smallest absolute Gasteiger partial charge is 0.308 e. The van der Waals surface area contributed by atoms with Crippen LogP contribution in [0.1, 0.15) is 11.1 Å². The Balaban J connectivity index is 1.39. The molecule has 0 spiro atoms. The third-order valence-corrected chi connectivity index (χ3v) is 4.35. The number of hydrogen-bond donors (Lipinski definition) is 2. The Bertz CT molecular complexity index is 1200. The summed E-state index contributed by atoms with van der Waals surface area (Å²) in [6.45, 7) is 0.422. The lowest BCUT2D eigenvalue weighted by Crippen LogP contribution is -2.35. The van der Waals surface area contributed by atoms with Gasteiger partial charge in [-0.25, -0.2) is 4.79 Å². The molecule has 9 heteroatoms. The van der Waals surface area contributed by atoms with E-state index in [0.717, 1.165) is 28.5 Å². The van der Waals surface area contributed by atoms with Crippen molar-refractivity contribution in [2.45, 2.75) is 12.7 Å². The molecule has 0 aliphatic heterocycles. The van der Waals surface area contributed by atoms with Crippen molar-refractivity contribution in [3.63, 3.8) is 0 Å². The van der Waals surface area contributed by atoms with Gasteiger partial charge in [0.15, 0.2) is 0 Å². The first kappa shape index (κ1) is 19.4. The van der Waals surface area contributed by atoms with Gasteiger partial charge in [0.25, 0.3) is 6.20 Å². The van der Waals surface area contributed by atoms with E-state index in [9.17, 15) is 18.0 Å². The zero-order chi connectivity index (χ0) is 21.1. The molecule has 2 amide bonds. The number of urea groups is 1. The maximum absolute atomic E-state index is 12.8. The van der Waals surface area contributed by atoms with Gasteiger partial charge in [-0.2, -0.15) is 13.2 Å². The van der Waals surface area contributed by atoms with E-state index in [-0.39, 0.29) is 11.6 Å². The molecule has 1 heterocycles. The number of alkyl halides is 3. The van der Waals surface area contributed by atoms with Crippen LogP contribution in [0.25, 0.3) is 10.8 Å². The second-order valence-corrected chi connectivity index (χ2v) is 6.60. The van der Waals surface area contributed by atoms with Gasteiger partial charge in [0.05, 0.1) is 5.56 Å². The van der Waals surface area contributed by atoms with Crippen LogP contribution in [0.4, 0.5) is 29.5 Å². The van der Waals surface area contributed by atoms with Gasteiger partial charge >= 0.3 is 18.1 Å². The highest BCUT2D eigenvalue weighted by molar-refractivity contribution is 5.98. The summed E-state index contributed by atoms with van der Waals surface area (Å²) >= 11 is 0. The summed E-state index contributed by atoms with van der Waals surface area (Å²) in [6.07, 6.45) is -3.01. The van der Waals surface area contributed by atoms with Gasteiger partial charge < -0.3 is 5.32 Å². The molecule has 0 fully saturated rings. The fourth-order valence-corrected chi connectivity index (χ4v) is 2.98. The largest absolute Gasteiger partial charge is 0.416 e. The summed E-state index contributed by atoms with van der Waals surface area (Å²) in [5.41, 5.74) is 0.144. The molecule has 0 atom stereocenters. The number of fused-ring (bicyclic) bond motifs is 1. The third-order valence-electron chi connectivity index (χ3n) is 4.35. The Kier molecular flexibility index (Phi) is 5.09. The number of nitrogens with one attached hydrogen (secondary N) is 2. The number of anilines is 2. The van der Waals surface area contributed by atoms with Gasteiger partial charge in [-0.3, -0.25) is 9.84 Å². The van der Waals surface area contributed by atoms with E-state index in [0.29, 0.717) is 6.54 Å². The van der Waals surface area contributed by atoms with Crippen LogP contribution in [0.3, 0.4) is 0 Å². The quantitative estimate of drug-likeness (QED) is 0.471. The second kappa shape index (κ2) is 7.86. The number of halogens is 3. The molecule has 30 heavy (non-hydrogen) atoms. The van der Waals surface area contributed by atoms with Crippen molar-refractivity contribution in [3.8, 4) is 0 Å². The van der Waals surface area contributed by atoms with Gasteiger partial charge in [0.1, 0.15) is 0 Å². The average Bonchev–Trinajstić information content (AvgIpc) is 3.14. The molecule has 0 saturated heterocycles. The van der Waals surface area contributed by atoms with Crippen LogP contribution in [0.2, 0.25) is 0 Å². The first-order valence-corrected chi connectivity index (χ1v) is 8.96. The highest BCUT2D eigenvalue weighted by Crippen LogP contribution is 2.30. The lowest BCUT2D eigenvalue weighted by molar-refractivity contribution is -0.754.